The van der Waals surface area contributed by atoms with E-state index < -0.39 is 0 Å². The van der Waals surface area contributed by atoms with E-state index in [9.17, 15) is 0 Å². The van der Waals surface area contributed by atoms with Crippen LogP contribution in [-0.4, -0.2) is 6.71 Å². The number of fused-ring (bicyclic) bond motifs is 6. The number of anilines is 6. The van der Waals surface area contributed by atoms with E-state index in [4.69, 9.17) is 0 Å². The van der Waals surface area contributed by atoms with E-state index >= 15 is 0 Å². The summed E-state index contributed by atoms with van der Waals surface area (Å²) >= 11 is 0. The Morgan fingerprint density at radius 2 is 0.879 bits per heavy atom. The van der Waals surface area contributed by atoms with Crippen LogP contribution in [0.3, 0.4) is 0 Å². The Morgan fingerprint density at radius 3 is 1.47 bits per heavy atom. The lowest BCUT2D eigenvalue weighted by Crippen LogP contribution is -2.61. The van der Waals surface area contributed by atoms with Crippen molar-refractivity contribution < 1.29 is 0 Å². The summed E-state index contributed by atoms with van der Waals surface area (Å²) in [6.45, 7) is 31.6. The number of benzene rings is 7. The summed E-state index contributed by atoms with van der Waals surface area (Å²) in [6.07, 6.45) is 3.50. The van der Waals surface area contributed by atoms with Gasteiger partial charge in [0.15, 0.2) is 0 Å². The third-order valence-electron chi connectivity index (χ3n) is 16.5. The van der Waals surface area contributed by atoms with Crippen molar-refractivity contribution in [1.29, 1.82) is 0 Å². The summed E-state index contributed by atoms with van der Waals surface area (Å²) in [5.74, 6) is 0. The Labute approximate surface area is 396 Å². The fourth-order valence-corrected chi connectivity index (χ4v) is 12.8. The lowest BCUT2D eigenvalue weighted by molar-refractivity contribution is 0.332. The smallest absolute Gasteiger partial charge is 0.252 e. The summed E-state index contributed by atoms with van der Waals surface area (Å²) in [7, 11) is 0. The van der Waals surface area contributed by atoms with E-state index in [1.807, 2.05) is 0 Å². The van der Waals surface area contributed by atoms with Gasteiger partial charge in [0, 0.05) is 34.1 Å². The minimum Gasteiger partial charge on any atom is -0.311 e. The first-order chi connectivity index (χ1) is 31.1. The normalized spacial score (nSPS) is 18.0. The molecule has 332 valence electrons. The van der Waals surface area contributed by atoms with E-state index in [-0.39, 0.29) is 33.8 Å². The molecule has 7 aromatic carbocycles. The van der Waals surface area contributed by atoms with E-state index in [1.165, 1.54) is 125 Å². The van der Waals surface area contributed by atoms with E-state index in [0.717, 1.165) is 6.42 Å². The Balaban J connectivity index is 1.29. The van der Waals surface area contributed by atoms with Gasteiger partial charge in [0.1, 0.15) is 0 Å². The second-order valence-electron chi connectivity index (χ2n) is 24.1. The molecule has 0 aromatic heterocycles. The topological polar surface area (TPSA) is 6.48 Å². The molecule has 0 spiro atoms. The Hall–Kier alpha value is -5.80. The quantitative estimate of drug-likeness (QED) is 0.163. The summed E-state index contributed by atoms with van der Waals surface area (Å²) in [5.41, 5.74) is 26.9. The molecule has 2 heterocycles. The highest BCUT2D eigenvalue weighted by Crippen LogP contribution is 2.55. The van der Waals surface area contributed by atoms with Crippen LogP contribution in [0.2, 0.25) is 0 Å². The molecule has 2 nitrogen and oxygen atoms in total. The van der Waals surface area contributed by atoms with Crippen LogP contribution in [0.25, 0.3) is 22.3 Å². The Kier molecular flexibility index (Phi) is 9.31. The van der Waals surface area contributed by atoms with Crippen molar-refractivity contribution in [2.75, 3.05) is 9.80 Å². The predicted molar refractivity (Wildman–Crippen MR) is 285 cm³/mol. The Bertz CT molecular complexity index is 3120. The van der Waals surface area contributed by atoms with Crippen molar-refractivity contribution in [1.82, 2.24) is 0 Å². The molecular weight excluding hydrogens is 796 g/mol. The van der Waals surface area contributed by atoms with Crippen LogP contribution in [0.15, 0.2) is 133 Å². The van der Waals surface area contributed by atoms with Gasteiger partial charge in [-0.2, -0.15) is 0 Å². The average Bonchev–Trinajstić information content (AvgIpc) is 3.46. The molecule has 3 heteroatoms. The molecule has 0 radical (unpaired) electrons. The summed E-state index contributed by atoms with van der Waals surface area (Å²) in [6, 6.07) is 52.0. The van der Waals surface area contributed by atoms with Gasteiger partial charge in [-0.1, -0.05) is 173 Å². The van der Waals surface area contributed by atoms with Gasteiger partial charge in [-0.15, -0.1) is 0 Å². The number of hydrogen-bond donors (Lipinski definition) is 0. The van der Waals surface area contributed by atoms with Gasteiger partial charge in [0.05, 0.1) is 0 Å². The standard InChI is InChI=1S/C63H67BN2/c1-39-24-25-44(42-22-18-15-19-23-42)32-53(39)65-52-27-26-43(41-20-16-14-17-21-41)31-50(52)64-51-35-47-49(63(12,13)38-62(47,10)11)37-55(51)66(57-34-45(59(3,4)5)33-56(65)58(57)64)54-36-48-46(30-40(54)2)60(6,7)28-29-61(48,8)9/h14-27,30-37H,28-29,38H2,1-13H3. The zero-order chi connectivity index (χ0) is 46.5. The van der Waals surface area contributed by atoms with Gasteiger partial charge < -0.3 is 9.80 Å². The average molecular weight is 863 g/mol. The molecule has 0 N–H and O–H groups in total. The maximum atomic E-state index is 2.74. The van der Waals surface area contributed by atoms with Crippen LogP contribution >= 0.6 is 0 Å². The first-order valence-electron chi connectivity index (χ1n) is 24.6. The van der Waals surface area contributed by atoms with Gasteiger partial charge in [-0.05, 0) is 174 Å². The van der Waals surface area contributed by atoms with E-state index in [1.54, 1.807) is 0 Å². The number of aryl methyl sites for hydroxylation is 2. The molecule has 0 atom stereocenters. The molecule has 0 saturated carbocycles. The lowest BCUT2D eigenvalue weighted by atomic mass is 9.33. The van der Waals surface area contributed by atoms with Gasteiger partial charge >= 0.3 is 0 Å². The van der Waals surface area contributed by atoms with Crippen molar-refractivity contribution in [2.24, 2.45) is 0 Å². The molecular formula is C63H67BN2. The van der Waals surface area contributed by atoms with E-state index in [2.05, 4.69) is 233 Å². The molecule has 66 heavy (non-hydrogen) atoms. The van der Waals surface area contributed by atoms with Crippen LogP contribution in [0.4, 0.5) is 34.1 Å². The van der Waals surface area contributed by atoms with E-state index in [0.29, 0.717) is 0 Å². The maximum Gasteiger partial charge on any atom is 0.252 e. The largest absolute Gasteiger partial charge is 0.311 e. The number of hydrogen-bond acceptors (Lipinski definition) is 2. The first kappa shape index (κ1) is 42.8. The predicted octanol–water partition coefficient (Wildman–Crippen LogP) is 15.3. The molecule has 0 saturated heterocycles. The first-order valence-corrected chi connectivity index (χ1v) is 24.6. The zero-order valence-corrected chi connectivity index (χ0v) is 41.8. The summed E-state index contributed by atoms with van der Waals surface area (Å²) in [5, 5.41) is 0. The van der Waals surface area contributed by atoms with Crippen LogP contribution in [-0.2, 0) is 27.1 Å². The number of rotatable bonds is 4. The van der Waals surface area contributed by atoms with Crippen molar-refractivity contribution in [3.05, 3.63) is 172 Å². The summed E-state index contributed by atoms with van der Waals surface area (Å²) in [4.78, 5) is 5.39. The highest BCUT2D eigenvalue weighted by Gasteiger charge is 2.49. The Morgan fingerprint density at radius 1 is 0.409 bits per heavy atom. The molecule has 11 rings (SSSR count). The van der Waals surface area contributed by atoms with Crippen LogP contribution in [0.5, 0.6) is 0 Å². The lowest BCUT2D eigenvalue weighted by Gasteiger charge is -2.47. The van der Waals surface area contributed by atoms with Crippen LogP contribution < -0.4 is 26.2 Å². The molecule has 0 unspecified atom stereocenters. The third-order valence-corrected chi connectivity index (χ3v) is 16.5. The second-order valence-corrected chi connectivity index (χ2v) is 24.1. The molecule has 4 aliphatic rings. The number of nitrogens with zero attached hydrogens (tertiary/aromatic N) is 2. The van der Waals surface area contributed by atoms with Gasteiger partial charge in [0.2, 0.25) is 0 Å². The van der Waals surface area contributed by atoms with Crippen molar-refractivity contribution in [3.8, 4) is 22.3 Å². The minimum atomic E-state index is -0.113. The van der Waals surface area contributed by atoms with Crippen molar-refractivity contribution >= 4 is 57.2 Å². The molecule has 2 aliphatic heterocycles. The zero-order valence-electron chi connectivity index (χ0n) is 41.8. The van der Waals surface area contributed by atoms with Gasteiger partial charge in [-0.3, -0.25) is 0 Å². The minimum absolute atomic E-state index is 0.0147. The summed E-state index contributed by atoms with van der Waals surface area (Å²) < 4.78 is 0. The van der Waals surface area contributed by atoms with Crippen LogP contribution in [0.1, 0.15) is 134 Å². The molecule has 7 aromatic rings. The highest BCUT2D eigenvalue weighted by atomic mass is 15.2. The SMILES string of the molecule is Cc1ccc(-c2ccccc2)cc1N1c2ccc(-c3ccccc3)cc2B2c3cc4c(cc3N(c3cc5c(cc3C)C(C)(C)CCC5(C)C)c3cc(C(C)(C)C)cc1c32)C(C)(C)CC4(C)C. The molecule has 0 fully saturated rings. The molecule has 0 bridgehead atoms. The monoisotopic (exact) mass is 863 g/mol. The molecule has 2 aliphatic carbocycles. The van der Waals surface area contributed by atoms with Crippen molar-refractivity contribution in [2.45, 2.75) is 136 Å². The fourth-order valence-electron chi connectivity index (χ4n) is 12.8. The molecule has 0 amide bonds. The second kappa shape index (κ2) is 14.4. The maximum absolute atomic E-state index is 2.74. The van der Waals surface area contributed by atoms with Gasteiger partial charge in [0.25, 0.3) is 6.71 Å². The van der Waals surface area contributed by atoms with Gasteiger partial charge in [-0.25, -0.2) is 0 Å². The van der Waals surface area contributed by atoms with Crippen LogP contribution in [0, 0.1) is 13.8 Å². The van der Waals surface area contributed by atoms with Crippen molar-refractivity contribution in [3.63, 3.8) is 0 Å². The highest BCUT2D eigenvalue weighted by molar-refractivity contribution is 7.00. The third kappa shape index (κ3) is 6.50. The fraction of sp³-hybridized carbons (Fsp3) is 0.333.